The van der Waals surface area contributed by atoms with Crippen LogP contribution in [0.25, 0.3) is 0 Å². The molecule has 96 valence electrons. The summed E-state index contributed by atoms with van der Waals surface area (Å²) in [5.74, 6) is 0.0702. The van der Waals surface area contributed by atoms with Gasteiger partial charge in [0.2, 0.25) is 5.91 Å². The van der Waals surface area contributed by atoms with Crippen molar-refractivity contribution in [1.82, 2.24) is 4.90 Å². The normalized spacial score (nSPS) is 22.2. The number of hydrogen-bond donors (Lipinski definition) is 0. The molecule has 1 amide bonds. The van der Waals surface area contributed by atoms with Crippen LogP contribution in [0.1, 0.15) is 23.1 Å². The molecular weight excluding hydrogens is 258 g/mol. The number of benzene rings is 2. The van der Waals surface area contributed by atoms with Crippen molar-refractivity contribution in [2.75, 3.05) is 7.05 Å². The van der Waals surface area contributed by atoms with Crippen molar-refractivity contribution in [2.45, 2.75) is 12.0 Å². The quantitative estimate of drug-likeness (QED) is 0.764. The van der Waals surface area contributed by atoms with Crippen LogP contribution >= 0.6 is 11.6 Å². The number of rotatable bonds is 2. The van der Waals surface area contributed by atoms with Gasteiger partial charge in [-0.05, 0) is 23.3 Å². The SMILES string of the molecule is CN1C(=O)[C@@H](c2ccc(Cl)cc2)[C@@H]1c1ccccc1. The molecule has 3 rings (SSSR count). The molecule has 0 bridgehead atoms. The van der Waals surface area contributed by atoms with Crippen LogP contribution in [0.5, 0.6) is 0 Å². The number of amides is 1. The van der Waals surface area contributed by atoms with Gasteiger partial charge in [0, 0.05) is 12.1 Å². The summed E-state index contributed by atoms with van der Waals surface area (Å²) in [6, 6.07) is 17.8. The molecule has 1 fully saturated rings. The predicted molar refractivity (Wildman–Crippen MR) is 76.1 cm³/mol. The minimum absolute atomic E-state index is 0.0929. The van der Waals surface area contributed by atoms with Crippen LogP contribution < -0.4 is 0 Å². The Bertz CT molecular complexity index is 594. The Kier molecular flexibility index (Phi) is 3.03. The van der Waals surface area contributed by atoms with Gasteiger partial charge in [0.05, 0.1) is 12.0 Å². The van der Waals surface area contributed by atoms with E-state index < -0.39 is 0 Å². The van der Waals surface area contributed by atoms with Crippen molar-refractivity contribution in [3.8, 4) is 0 Å². The van der Waals surface area contributed by atoms with E-state index in [4.69, 9.17) is 11.6 Å². The number of likely N-dealkylation sites (N-methyl/N-ethyl adjacent to an activating group) is 1. The molecule has 2 atom stereocenters. The zero-order valence-corrected chi connectivity index (χ0v) is 11.3. The summed E-state index contributed by atoms with van der Waals surface area (Å²) in [4.78, 5) is 13.9. The van der Waals surface area contributed by atoms with Crippen LogP contribution in [-0.4, -0.2) is 17.9 Å². The third-order valence-corrected chi connectivity index (χ3v) is 3.97. The van der Waals surface area contributed by atoms with Crippen LogP contribution in [0.4, 0.5) is 0 Å². The average Bonchev–Trinajstić information content (AvgIpc) is 2.46. The first-order valence-electron chi connectivity index (χ1n) is 6.25. The fourth-order valence-electron chi connectivity index (χ4n) is 2.69. The number of β-lactam (4-membered cyclic amide) rings is 1. The summed E-state index contributed by atoms with van der Waals surface area (Å²) in [6.45, 7) is 0. The Morgan fingerprint density at radius 1 is 0.947 bits per heavy atom. The highest BCUT2D eigenvalue weighted by Gasteiger charge is 2.46. The molecule has 0 unspecified atom stereocenters. The topological polar surface area (TPSA) is 20.3 Å². The Morgan fingerprint density at radius 2 is 1.58 bits per heavy atom. The van der Waals surface area contributed by atoms with Crippen LogP contribution in [0, 0.1) is 0 Å². The first kappa shape index (κ1) is 12.2. The lowest BCUT2D eigenvalue weighted by atomic mass is 9.78. The van der Waals surface area contributed by atoms with Crippen molar-refractivity contribution in [3.63, 3.8) is 0 Å². The van der Waals surface area contributed by atoms with Crippen molar-refractivity contribution in [2.24, 2.45) is 0 Å². The predicted octanol–water partition coefficient (Wildman–Crippen LogP) is 3.64. The van der Waals surface area contributed by atoms with Crippen molar-refractivity contribution >= 4 is 17.5 Å². The van der Waals surface area contributed by atoms with Gasteiger partial charge in [0.25, 0.3) is 0 Å². The van der Waals surface area contributed by atoms with Gasteiger partial charge in [-0.2, -0.15) is 0 Å². The second-order valence-corrected chi connectivity index (χ2v) is 5.27. The second-order valence-electron chi connectivity index (χ2n) is 4.83. The Labute approximate surface area is 117 Å². The molecule has 19 heavy (non-hydrogen) atoms. The van der Waals surface area contributed by atoms with Gasteiger partial charge in [0.1, 0.15) is 0 Å². The van der Waals surface area contributed by atoms with Gasteiger partial charge in [-0.3, -0.25) is 4.79 Å². The highest BCUT2D eigenvalue weighted by Crippen LogP contribution is 2.45. The summed E-state index contributed by atoms with van der Waals surface area (Å²) >= 11 is 5.90. The fraction of sp³-hybridized carbons (Fsp3) is 0.188. The van der Waals surface area contributed by atoms with Crippen LogP contribution in [0.15, 0.2) is 54.6 Å². The smallest absolute Gasteiger partial charge is 0.232 e. The summed E-state index contributed by atoms with van der Waals surface area (Å²) < 4.78 is 0. The maximum atomic E-state index is 12.1. The lowest BCUT2D eigenvalue weighted by Gasteiger charge is -2.45. The van der Waals surface area contributed by atoms with Crippen LogP contribution in [0.3, 0.4) is 0 Å². The van der Waals surface area contributed by atoms with Gasteiger partial charge in [-0.1, -0.05) is 54.1 Å². The fourth-order valence-corrected chi connectivity index (χ4v) is 2.82. The number of nitrogens with zero attached hydrogens (tertiary/aromatic N) is 1. The maximum Gasteiger partial charge on any atom is 0.232 e. The lowest BCUT2D eigenvalue weighted by molar-refractivity contribution is -0.147. The summed E-state index contributed by atoms with van der Waals surface area (Å²) in [6.07, 6.45) is 0. The third-order valence-electron chi connectivity index (χ3n) is 3.72. The second kappa shape index (κ2) is 4.71. The molecule has 2 aromatic carbocycles. The average molecular weight is 272 g/mol. The van der Waals surface area contributed by atoms with Crippen molar-refractivity contribution in [3.05, 3.63) is 70.7 Å². The monoisotopic (exact) mass is 271 g/mol. The number of halogens is 1. The van der Waals surface area contributed by atoms with Gasteiger partial charge in [-0.15, -0.1) is 0 Å². The van der Waals surface area contributed by atoms with E-state index in [1.54, 1.807) is 4.90 Å². The number of likely N-dealkylation sites (tertiary alicyclic amines) is 1. The maximum absolute atomic E-state index is 12.1. The lowest BCUT2D eigenvalue weighted by Crippen LogP contribution is -2.50. The number of carbonyl (C=O) groups is 1. The summed E-state index contributed by atoms with van der Waals surface area (Å²) in [7, 11) is 1.85. The summed E-state index contributed by atoms with van der Waals surface area (Å²) in [5, 5.41) is 0.695. The van der Waals surface area contributed by atoms with E-state index in [1.165, 1.54) is 5.56 Å². The first-order chi connectivity index (χ1) is 9.18. The van der Waals surface area contributed by atoms with E-state index in [2.05, 4.69) is 12.1 Å². The molecule has 1 saturated heterocycles. The molecule has 0 N–H and O–H groups in total. The molecule has 0 spiro atoms. The highest BCUT2D eigenvalue weighted by atomic mass is 35.5. The molecule has 2 nitrogen and oxygen atoms in total. The van der Waals surface area contributed by atoms with Crippen LogP contribution in [-0.2, 0) is 4.79 Å². The first-order valence-corrected chi connectivity index (χ1v) is 6.63. The largest absolute Gasteiger partial charge is 0.337 e. The van der Waals surface area contributed by atoms with E-state index >= 15 is 0 Å². The van der Waals surface area contributed by atoms with Gasteiger partial charge in [-0.25, -0.2) is 0 Å². The Morgan fingerprint density at radius 3 is 2.21 bits per heavy atom. The van der Waals surface area contributed by atoms with E-state index in [1.807, 2.05) is 49.5 Å². The molecule has 1 aliphatic rings. The van der Waals surface area contributed by atoms with Gasteiger partial charge >= 0.3 is 0 Å². The van der Waals surface area contributed by atoms with Gasteiger partial charge in [0.15, 0.2) is 0 Å². The number of carbonyl (C=O) groups excluding carboxylic acids is 1. The van der Waals surface area contributed by atoms with Gasteiger partial charge < -0.3 is 4.90 Å². The molecule has 0 saturated carbocycles. The van der Waals surface area contributed by atoms with E-state index in [9.17, 15) is 4.79 Å². The molecular formula is C16H14ClNO. The molecule has 0 aliphatic carbocycles. The van der Waals surface area contributed by atoms with Crippen molar-refractivity contribution < 1.29 is 4.79 Å². The summed E-state index contributed by atoms with van der Waals surface area (Å²) in [5.41, 5.74) is 2.20. The molecule has 1 heterocycles. The Hall–Kier alpha value is -1.80. The number of hydrogen-bond acceptors (Lipinski definition) is 1. The van der Waals surface area contributed by atoms with E-state index in [0.29, 0.717) is 5.02 Å². The molecule has 0 radical (unpaired) electrons. The molecule has 2 aromatic rings. The van der Waals surface area contributed by atoms with E-state index in [0.717, 1.165) is 5.56 Å². The van der Waals surface area contributed by atoms with Crippen molar-refractivity contribution in [1.29, 1.82) is 0 Å². The minimum atomic E-state index is -0.0929. The Balaban J connectivity index is 1.96. The zero-order chi connectivity index (χ0) is 13.4. The zero-order valence-electron chi connectivity index (χ0n) is 10.6. The molecule has 1 aliphatic heterocycles. The molecule has 0 aromatic heterocycles. The highest BCUT2D eigenvalue weighted by molar-refractivity contribution is 6.30. The van der Waals surface area contributed by atoms with E-state index in [-0.39, 0.29) is 17.9 Å². The molecule has 3 heteroatoms. The minimum Gasteiger partial charge on any atom is -0.337 e. The third kappa shape index (κ3) is 2.02. The van der Waals surface area contributed by atoms with Crippen LogP contribution in [0.2, 0.25) is 5.02 Å². The standard InChI is InChI=1S/C16H14ClNO/c1-18-15(12-5-3-2-4-6-12)14(16(18)19)11-7-9-13(17)10-8-11/h2-10,14-15H,1H3/t14-,15-/m0/s1.